The summed E-state index contributed by atoms with van der Waals surface area (Å²) in [5.41, 5.74) is 7.40. The monoisotopic (exact) mass is 401 g/mol. The van der Waals surface area contributed by atoms with Crippen molar-refractivity contribution in [3.63, 3.8) is 0 Å². The van der Waals surface area contributed by atoms with Crippen molar-refractivity contribution in [2.75, 3.05) is 31.1 Å². The Labute approximate surface area is 167 Å². The minimum Gasteiger partial charge on any atom is -0.435 e. The lowest BCUT2D eigenvalue weighted by molar-refractivity contribution is -0.126. The Balaban J connectivity index is 1.51. The van der Waals surface area contributed by atoms with Crippen LogP contribution in [-0.4, -0.2) is 49.5 Å². The van der Waals surface area contributed by atoms with Gasteiger partial charge in [0.1, 0.15) is 5.75 Å². The number of piperazine rings is 1. The molecule has 8 heteroatoms. The zero-order chi connectivity index (χ0) is 20.8. The van der Waals surface area contributed by atoms with E-state index in [1.54, 1.807) is 35.2 Å². The first kappa shape index (κ1) is 20.3. The summed E-state index contributed by atoms with van der Waals surface area (Å²) in [6.45, 7) is -0.369. The summed E-state index contributed by atoms with van der Waals surface area (Å²) in [6.07, 6.45) is 3.11. The van der Waals surface area contributed by atoms with Gasteiger partial charge in [0.2, 0.25) is 11.8 Å². The van der Waals surface area contributed by atoms with Crippen LogP contribution in [0.4, 0.5) is 14.5 Å². The third-order valence-electron chi connectivity index (χ3n) is 4.63. The quantitative estimate of drug-likeness (QED) is 0.756. The van der Waals surface area contributed by atoms with E-state index < -0.39 is 12.5 Å². The molecule has 1 aliphatic rings. The van der Waals surface area contributed by atoms with Crippen LogP contribution in [0, 0.1) is 0 Å². The summed E-state index contributed by atoms with van der Waals surface area (Å²) in [5, 5.41) is 0. The van der Waals surface area contributed by atoms with Crippen LogP contribution in [-0.2, 0) is 4.79 Å². The first-order valence-corrected chi connectivity index (χ1v) is 9.09. The molecule has 0 unspecified atom stereocenters. The Morgan fingerprint density at radius 3 is 2.14 bits per heavy atom. The number of hydrogen-bond donors (Lipinski definition) is 1. The van der Waals surface area contributed by atoms with Gasteiger partial charge in [-0.2, -0.15) is 8.78 Å². The zero-order valence-corrected chi connectivity index (χ0v) is 15.6. The molecular formula is C21H21F2N3O3. The average Bonchev–Trinajstić information content (AvgIpc) is 2.73. The molecular weight excluding hydrogens is 380 g/mol. The Kier molecular flexibility index (Phi) is 6.43. The predicted molar refractivity (Wildman–Crippen MR) is 106 cm³/mol. The second-order valence-electron chi connectivity index (χ2n) is 6.50. The highest BCUT2D eigenvalue weighted by molar-refractivity contribution is 5.93. The number of carbonyl (C=O) groups excluding carboxylic acids is 2. The van der Waals surface area contributed by atoms with Gasteiger partial charge in [0.15, 0.2) is 0 Å². The molecule has 1 saturated heterocycles. The van der Waals surface area contributed by atoms with E-state index in [1.807, 2.05) is 12.1 Å². The highest BCUT2D eigenvalue weighted by Gasteiger charge is 2.20. The molecule has 2 aromatic carbocycles. The van der Waals surface area contributed by atoms with Crippen molar-refractivity contribution in [1.29, 1.82) is 0 Å². The predicted octanol–water partition coefficient (Wildman–Crippen LogP) is 2.75. The second-order valence-corrected chi connectivity index (χ2v) is 6.50. The molecule has 0 atom stereocenters. The van der Waals surface area contributed by atoms with Gasteiger partial charge in [0, 0.05) is 43.5 Å². The number of ether oxygens (including phenoxy) is 1. The molecule has 3 rings (SSSR count). The van der Waals surface area contributed by atoms with Crippen LogP contribution in [0.25, 0.3) is 6.08 Å². The normalized spacial score (nSPS) is 14.4. The Morgan fingerprint density at radius 1 is 0.966 bits per heavy atom. The SMILES string of the molecule is NC(=O)c1ccc(N2CCN(C(=O)/C=C/c3ccc(OC(F)F)cc3)CC2)cc1. The average molecular weight is 401 g/mol. The first-order valence-electron chi connectivity index (χ1n) is 9.09. The smallest absolute Gasteiger partial charge is 0.387 e. The van der Waals surface area contributed by atoms with E-state index in [4.69, 9.17) is 5.73 Å². The molecule has 0 spiro atoms. The maximum Gasteiger partial charge on any atom is 0.387 e. The third kappa shape index (κ3) is 5.54. The molecule has 1 aliphatic heterocycles. The van der Waals surface area contributed by atoms with E-state index in [1.165, 1.54) is 18.2 Å². The van der Waals surface area contributed by atoms with Gasteiger partial charge in [-0.1, -0.05) is 12.1 Å². The number of rotatable bonds is 6. The van der Waals surface area contributed by atoms with Gasteiger partial charge in [-0.25, -0.2) is 0 Å². The van der Waals surface area contributed by atoms with Crippen molar-refractivity contribution < 1.29 is 23.1 Å². The molecule has 0 saturated carbocycles. The van der Waals surface area contributed by atoms with Crippen LogP contribution in [0.1, 0.15) is 15.9 Å². The van der Waals surface area contributed by atoms with Crippen molar-refractivity contribution in [2.45, 2.75) is 6.61 Å². The summed E-state index contributed by atoms with van der Waals surface area (Å²) >= 11 is 0. The first-order chi connectivity index (χ1) is 13.9. The number of benzene rings is 2. The summed E-state index contributed by atoms with van der Waals surface area (Å²) in [7, 11) is 0. The van der Waals surface area contributed by atoms with E-state index in [2.05, 4.69) is 9.64 Å². The number of carbonyl (C=O) groups is 2. The van der Waals surface area contributed by atoms with Crippen molar-refractivity contribution in [2.24, 2.45) is 5.73 Å². The van der Waals surface area contributed by atoms with Gasteiger partial charge in [0.05, 0.1) is 0 Å². The van der Waals surface area contributed by atoms with Crippen LogP contribution in [0.3, 0.4) is 0 Å². The number of halogens is 2. The summed E-state index contributed by atoms with van der Waals surface area (Å²) < 4.78 is 28.6. The molecule has 6 nitrogen and oxygen atoms in total. The molecule has 152 valence electrons. The van der Waals surface area contributed by atoms with Crippen molar-refractivity contribution in [3.05, 3.63) is 65.7 Å². The standard InChI is InChI=1S/C21H21F2N3O3/c22-21(23)29-18-8-1-15(2-9-18)3-10-19(27)26-13-11-25(12-14-26)17-6-4-16(5-7-17)20(24)28/h1-10,21H,11-14H2,(H2,24,28)/b10-3+. The fourth-order valence-corrected chi connectivity index (χ4v) is 3.05. The van der Waals surface area contributed by atoms with Crippen molar-refractivity contribution in [1.82, 2.24) is 4.90 Å². The van der Waals surface area contributed by atoms with E-state index >= 15 is 0 Å². The van der Waals surface area contributed by atoms with Gasteiger partial charge in [0.25, 0.3) is 0 Å². The van der Waals surface area contributed by atoms with Crippen LogP contribution in [0.5, 0.6) is 5.75 Å². The Bertz CT molecular complexity index is 875. The number of nitrogens with zero attached hydrogens (tertiary/aromatic N) is 2. The summed E-state index contributed by atoms with van der Waals surface area (Å²) in [5.74, 6) is -0.500. The fraction of sp³-hybridized carbons (Fsp3) is 0.238. The summed E-state index contributed by atoms with van der Waals surface area (Å²) in [6, 6.07) is 13.1. The number of nitrogens with two attached hydrogens (primary N) is 1. The van der Waals surface area contributed by atoms with Crippen molar-refractivity contribution >= 4 is 23.6 Å². The minimum absolute atomic E-state index is 0.0726. The van der Waals surface area contributed by atoms with E-state index in [-0.39, 0.29) is 11.7 Å². The third-order valence-corrected chi connectivity index (χ3v) is 4.63. The van der Waals surface area contributed by atoms with Gasteiger partial charge < -0.3 is 20.3 Å². The van der Waals surface area contributed by atoms with Crippen LogP contribution >= 0.6 is 0 Å². The molecule has 0 aromatic heterocycles. The van der Waals surface area contributed by atoms with Crippen molar-refractivity contribution in [3.8, 4) is 5.75 Å². The van der Waals surface area contributed by atoms with Crippen LogP contribution in [0.15, 0.2) is 54.6 Å². The van der Waals surface area contributed by atoms with E-state index in [0.717, 1.165) is 5.69 Å². The molecule has 2 aromatic rings. The van der Waals surface area contributed by atoms with E-state index in [9.17, 15) is 18.4 Å². The number of primary amides is 1. The van der Waals surface area contributed by atoms with Gasteiger partial charge in [-0.05, 0) is 48.0 Å². The topological polar surface area (TPSA) is 75.9 Å². The molecule has 1 fully saturated rings. The number of hydrogen-bond acceptors (Lipinski definition) is 4. The summed E-state index contributed by atoms with van der Waals surface area (Å²) in [4.78, 5) is 27.4. The number of alkyl halides is 2. The van der Waals surface area contributed by atoms with Gasteiger partial charge >= 0.3 is 6.61 Å². The Hall–Kier alpha value is -3.42. The maximum absolute atomic E-state index is 12.4. The zero-order valence-electron chi connectivity index (χ0n) is 15.6. The lowest BCUT2D eigenvalue weighted by atomic mass is 10.1. The molecule has 1 heterocycles. The minimum atomic E-state index is -2.86. The molecule has 29 heavy (non-hydrogen) atoms. The lowest BCUT2D eigenvalue weighted by Crippen LogP contribution is -2.48. The van der Waals surface area contributed by atoms with Crippen LogP contribution < -0.4 is 15.4 Å². The van der Waals surface area contributed by atoms with Gasteiger partial charge in [-0.15, -0.1) is 0 Å². The molecule has 0 radical (unpaired) electrons. The Morgan fingerprint density at radius 2 is 1.59 bits per heavy atom. The number of amides is 2. The highest BCUT2D eigenvalue weighted by Crippen LogP contribution is 2.18. The maximum atomic E-state index is 12.4. The lowest BCUT2D eigenvalue weighted by Gasteiger charge is -2.35. The highest BCUT2D eigenvalue weighted by atomic mass is 19.3. The molecule has 0 bridgehead atoms. The van der Waals surface area contributed by atoms with E-state index in [0.29, 0.717) is 37.3 Å². The second kappa shape index (κ2) is 9.18. The fourth-order valence-electron chi connectivity index (χ4n) is 3.05. The molecule has 2 amide bonds. The largest absolute Gasteiger partial charge is 0.435 e. The van der Waals surface area contributed by atoms with Crippen LogP contribution in [0.2, 0.25) is 0 Å². The number of anilines is 1. The molecule has 2 N–H and O–H groups in total. The molecule has 0 aliphatic carbocycles. The van der Waals surface area contributed by atoms with Gasteiger partial charge in [-0.3, -0.25) is 9.59 Å².